The lowest BCUT2D eigenvalue weighted by Gasteiger charge is -2.34. The molecule has 8 nitrogen and oxygen atoms in total. The Kier molecular flexibility index (Phi) is 9.09. The van der Waals surface area contributed by atoms with E-state index in [1.54, 1.807) is 19.4 Å². The minimum absolute atomic E-state index is 0.0199. The average molecular weight is 619 g/mol. The number of aliphatic hydroxyl groups is 1. The Labute approximate surface area is 238 Å². The molecule has 12 heteroatoms. The molecular formula is C28H30BrF3N6O2. The molecule has 0 spiro atoms. The van der Waals surface area contributed by atoms with Gasteiger partial charge in [-0.3, -0.25) is 14.8 Å². The number of rotatable bonds is 5. The second-order valence-corrected chi connectivity index (χ2v) is 10.4. The Morgan fingerprint density at radius 3 is 2.35 bits per heavy atom. The van der Waals surface area contributed by atoms with Crippen molar-refractivity contribution in [1.82, 2.24) is 19.7 Å². The maximum atomic E-state index is 12.8. The van der Waals surface area contributed by atoms with E-state index in [4.69, 9.17) is 5.73 Å². The van der Waals surface area contributed by atoms with Crippen LogP contribution in [0.25, 0.3) is 11.1 Å². The molecule has 1 aliphatic carbocycles. The topological polar surface area (TPSA) is 110 Å². The molecule has 0 aromatic carbocycles. The van der Waals surface area contributed by atoms with E-state index in [1.807, 2.05) is 43.4 Å². The summed E-state index contributed by atoms with van der Waals surface area (Å²) in [6.45, 7) is 2.11. The molecule has 2 aromatic heterocycles. The van der Waals surface area contributed by atoms with Crippen LogP contribution in [0.2, 0.25) is 0 Å². The first kappa shape index (κ1) is 29.5. The number of aliphatic imine (C=N–C) groups is 1. The molecule has 0 bridgehead atoms. The van der Waals surface area contributed by atoms with Gasteiger partial charge in [-0.2, -0.15) is 23.0 Å². The van der Waals surface area contributed by atoms with Gasteiger partial charge in [-0.1, -0.05) is 48.1 Å². The largest absolute Gasteiger partial charge is 0.423 e. The standard InChI is InChI=1S/C28H30BrF3N6O2/c1-17(18-11-13-37(14-12-18)27(40)24(39)28(30,31)32)23(29)26(34-2)38-25(33)21(16-36-38)20-9-10-22(35-15-20)19-7-5-3-4-6-8-19/h3-10,15-16,18-19,24,39H,11-14,33H2,1-2H3. The molecule has 1 aliphatic heterocycles. The number of carbonyl (C=O) groups is 1. The molecule has 1 amide bonds. The van der Waals surface area contributed by atoms with Crippen molar-refractivity contribution in [3.05, 3.63) is 76.7 Å². The summed E-state index contributed by atoms with van der Waals surface area (Å²) in [5, 5.41) is 13.8. The monoisotopic (exact) mass is 618 g/mol. The van der Waals surface area contributed by atoms with Crippen LogP contribution in [0.3, 0.4) is 0 Å². The zero-order chi connectivity index (χ0) is 29.0. The van der Waals surface area contributed by atoms with Crippen molar-refractivity contribution in [2.75, 3.05) is 25.9 Å². The van der Waals surface area contributed by atoms with Gasteiger partial charge in [0.1, 0.15) is 5.82 Å². The summed E-state index contributed by atoms with van der Waals surface area (Å²) < 4.78 is 40.4. The average Bonchev–Trinajstić information content (AvgIpc) is 3.14. The van der Waals surface area contributed by atoms with Gasteiger partial charge < -0.3 is 15.7 Å². The third kappa shape index (κ3) is 6.28. The summed E-state index contributed by atoms with van der Waals surface area (Å²) in [7, 11) is 1.61. The van der Waals surface area contributed by atoms with Crippen LogP contribution in [-0.4, -0.2) is 68.9 Å². The molecule has 0 saturated carbocycles. The first-order chi connectivity index (χ1) is 19.0. The summed E-state index contributed by atoms with van der Waals surface area (Å²) in [5.74, 6) is -0.417. The van der Waals surface area contributed by atoms with E-state index in [0.717, 1.165) is 21.7 Å². The number of carbonyl (C=O) groups excluding carboxylic acids is 1. The van der Waals surface area contributed by atoms with Gasteiger partial charge in [0.15, 0.2) is 5.84 Å². The molecule has 1 saturated heterocycles. The highest BCUT2D eigenvalue weighted by molar-refractivity contribution is 9.12. The summed E-state index contributed by atoms with van der Waals surface area (Å²) in [5.41, 5.74) is 9.82. The third-order valence-corrected chi connectivity index (χ3v) is 8.11. The minimum Gasteiger partial charge on any atom is -0.383 e. The number of anilines is 1. The number of nitrogens with two attached hydrogens (primary N) is 1. The fourth-order valence-corrected chi connectivity index (χ4v) is 5.42. The van der Waals surface area contributed by atoms with Crippen molar-refractivity contribution in [2.45, 2.75) is 38.0 Å². The SMILES string of the molecule is CN=C(C(Br)=C(C)C1CCN(C(=O)C(O)C(F)(F)F)CC1)n1ncc(-c2ccc(C3C=CC=CC=C3)nc2)c1N. The molecule has 40 heavy (non-hydrogen) atoms. The molecule has 212 valence electrons. The van der Waals surface area contributed by atoms with E-state index in [1.165, 1.54) is 4.68 Å². The van der Waals surface area contributed by atoms with Crippen molar-refractivity contribution in [1.29, 1.82) is 0 Å². The summed E-state index contributed by atoms with van der Waals surface area (Å²) in [6.07, 6.45) is 8.35. The zero-order valence-electron chi connectivity index (χ0n) is 22.0. The highest BCUT2D eigenvalue weighted by atomic mass is 79.9. The zero-order valence-corrected chi connectivity index (χ0v) is 23.6. The highest BCUT2D eigenvalue weighted by Gasteiger charge is 2.46. The van der Waals surface area contributed by atoms with E-state index >= 15 is 0 Å². The highest BCUT2D eigenvalue weighted by Crippen LogP contribution is 2.33. The number of likely N-dealkylation sites (tertiary alicyclic amines) is 1. The summed E-state index contributed by atoms with van der Waals surface area (Å²) >= 11 is 3.63. The smallest absolute Gasteiger partial charge is 0.383 e. The quantitative estimate of drug-likeness (QED) is 0.362. The van der Waals surface area contributed by atoms with Gasteiger partial charge in [-0.25, -0.2) is 0 Å². The van der Waals surface area contributed by atoms with Crippen LogP contribution in [0.5, 0.6) is 0 Å². The maximum Gasteiger partial charge on any atom is 0.423 e. The molecule has 4 rings (SSSR count). The Balaban J connectivity index is 1.49. The third-order valence-electron chi connectivity index (χ3n) is 7.13. The molecule has 1 fully saturated rings. The lowest BCUT2D eigenvalue weighted by molar-refractivity contribution is -0.211. The van der Waals surface area contributed by atoms with Gasteiger partial charge in [0.2, 0.25) is 6.10 Å². The summed E-state index contributed by atoms with van der Waals surface area (Å²) in [4.78, 5) is 22.1. The van der Waals surface area contributed by atoms with Crippen molar-refractivity contribution < 1.29 is 23.1 Å². The Morgan fingerprint density at radius 1 is 1.15 bits per heavy atom. The summed E-state index contributed by atoms with van der Waals surface area (Å²) in [6, 6.07) is 3.90. The van der Waals surface area contributed by atoms with E-state index < -0.39 is 18.2 Å². The van der Waals surface area contributed by atoms with E-state index in [0.29, 0.717) is 34.5 Å². The van der Waals surface area contributed by atoms with Gasteiger partial charge in [0, 0.05) is 43.4 Å². The Morgan fingerprint density at radius 2 is 1.80 bits per heavy atom. The van der Waals surface area contributed by atoms with Crippen LogP contribution >= 0.6 is 15.9 Å². The van der Waals surface area contributed by atoms with Crippen LogP contribution in [0.4, 0.5) is 19.0 Å². The molecular weight excluding hydrogens is 589 g/mol. The number of amides is 1. The van der Waals surface area contributed by atoms with Crippen molar-refractivity contribution in [2.24, 2.45) is 10.9 Å². The number of piperidine rings is 1. The van der Waals surface area contributed by atoms with Gasteiger partial charge in [0.05, 0.1) is 16.4 Å². The molecule has 1 unspecified atom stereocenters. The van der Waals surface area contributed by atoms with E-state index in [9.17, 15) is 23.1 Å². The first-order valence-corrected chi connectivity index (χ1v) is 13.5. The predicted octanol–water partition coefficient (Wildman–Crippen LogP) is 5.00. The van der Waals surface area contributed by atoms with E-state index in [-0.39, 0.29) is 24.9 Å². The number of nitrogen functional groups attached to an aromatic ring is 1. The molecule has 1 atom stereocenters. The Bertz CT molecular complexity index is 1370. The molecule has 2 aliphatic rings. The minimum atomic E-state index is -4.98. The van der Waals surface area contributed by atoms with Crippen molar-refractivity contribution in [3.63, 3.8) is 0 Å². The Hall–Kier alpha value is -3.51. The number of hydrogen-bond acceptors (Lipinski definition) is 6. The number of nitrogens with zero attached hydrogens (tertiary/aromatic N) is 5. The lowest BCUT2D eigenvalue weighted by Crippen LogP contribution is -2.49. The van der Waals surface area contributed by atoms with Crippen LogP contribution < -0.4 is 5.73 Å². The number of halogens is 4. The number of aromatic nitrogens is 3. The van der Waals surface area contributed by atoms with Crippen molar-refractivity contribution in [3.8, 4) is 11.1 Å². The number of allylic oxidation sites excluding steroid dienone is 8. The van der Waals surface area contributed by atoms with Gasteiger partial charge in [0.25, 0.3) is 5.91 Å². The van der Waals surface area contributed by atoms with Crippen LogP contribution in [-0.2, 0) is 4.79 Å². The fraction of sp³-hybridized carbons (Fsp3) is 0.357. The molecule has 0 radical (unpaired) electrons. The van der Waals surface area contributed by atoms with Crippen LogP contribution in [0.1, 0.15) is 31.4 Å². The van der Waals surface area contributed by atoms with Gasteiger partial charge in [-0.15, -0.1) is 0 Å². The van der Waals surface area contributed by atoms with Crippen LogP contribution in [0.15, 0.2) is 76.0 Å². The van der Waals surface area contributed by atoms with Gasteiger partial charge in [-0.05, 0) is 47.7 Å². The normalized spacial score (nSPS) is 18.6. The number of alkyl halides is 3. The second-order valence-electron chi connectivity index (χ2n) is 9.60. The van der Waals surface area contributed by atoms with E-state index in [2.05, 4.69) is 43.2 Å². The second kappa shape index (κ2) is 12.3. The first-order valence-electron chi connectivity index (χ1n) is 12.7. The van der Waals surface area contributed by atoms with Crippen LogP contribution in [0, 0.1) is 5.92 Å². The molecule has 2 aromatic rings. The number of hydrogen-bond donors (Lipinski definition) is 2. The van der Waals surface area contributed by atoms with Gasteiger partial charge >= 0.3 is 6.18 Å². The molecule has 3 heterocycles. The maximum absolute atomic E-state index is 12.8. The molecule has 3 N–H and O–H groups in total. The van der Waals surface area contributed by atoms with Crippen molar-refractivity contribution >= 4 is 33.5 Å². The fourth-order valence-electron chi connectivity index (χ4n) is 4.76. The number of aliphatic hydroxyl groups excluding tert-OH is 1. The predicted molar refractivity (Wildman–Crippen MR) is 152 cm³/mol. The number of pyridine rings is 1. The lowest BCUT2D eigenvalue weighted by atomic mass is 9.89.